The van der Waals surface area contributed by atoms with Crippen LogP contribution >= 0.6 is 0 Å². The molecule has 116 valence electrons. The van der Waals surface area contributed by atoms with E-state index in [1.54, 1.807) is 24.3 Å². The van der Waals surface area contributed by atoms with Gasteiger partial charge >= 0.3 is 0 Å². The molecule has 7 nitrogen and oxygen atoms in total. The Morgan fingerprint density at radius 3 is 2.55 bits per heavy atom. The van der Waals surface area contributed by atoms with Crippen LogP contribution in [0.2, 0.25) is 0 Å². The standard InChI is InChI=1S/C15H15NO6/c1-21-11-6-4-10(5-7-11)12(9-16(19)20)14(17)15(18)13-3-2-8-22-13/h2-8,12,14,17H,9H2,1H3/t12-,14+/m1/s1. The maximum Gasteiger partial charge on any atom is 0.227 e. The number of methoxy groups -OCH3 is 1. The van der Waals surface area contributed by atoms with E-state index in [-0.39, 0.29) is 5.76 Å². The lowest BCUT2D eigenvalue weighted by Crippen LogP contribution is -2.32. The van der Waals surface area contributed by atoms with Crippen molar-refractivity contribution >= 4 is 5.78 Å². The smallest absolute Gasteiger partial charge is 0.227 e. The summed E-state index contributed by atoms with van der Waals surface area (Å²) in [5, 5.41) is 21.1. The first kappa shape index (κ1) is 15.7. The van der Waals surface area contributed by atoms with Gasteiger partial charge in [-0.15, -0.1) is 0 Å². The third-order valence-corrected chi connectivity index (χ3v) is 3.30. The number of ether oxygens (including phenoxy) is 1. The first-order valence-electron chi connectivity index (χ1n) is 6.54. The number of rotatable bonds is 7. The zero-order valence-corrected chi connectivity index (χ0v) is 11.8. The second-order valence-electron chi connectivity index (χ2n) is 4.68. The van der Waals surface area contributed by atoms with Crippen LogP contribution < -0.4 is 4.74 Å². The summed E-state index contributed by atoms with van der Waals surface area (Å²) in [7, 11) is 1.50. The normalized spacial score (nSPS) is 13.4. The minimum Gasteiger partial charge on any atom is -0.497 e. The van der Waals surface area contributed by atoms with Gasteiger partial charge in [0, 0.05) is 4.92 Å². The first-order chi connectivity index (χ1) is 10.5. The summed E-state index contributed by atoms with van der Waals surface area (Å²) in [6.45, 7) is -0.569. The Kier molecular flexibility index (Phi) is 4.90. The molecule has 2 rings (SSSR count). The number of hydrogen-bond acceptors (Lipinski definition) is 6. The van der Waals surface area contributed by atoms with E-state index in [4.69, 9.17) is 9.15 Å². The van der Waals surface area contributed by atoms with Crippen molar-refractivity contribution in [3.8, 4) is 5.75 Å². The van der Waals surface area contributed by atoms with Crippen LogP contribution in [0.25, 0.3) is 0 Å². The molecule has 2 aromatic rings. The zero-order valence-electron chi connectivity index (χ0n) is 11.8. The van der Waals surface area contributed by atoms with E-state index in [1.807, 2.05) is 0 Å². The van der Waals surface area contributed by atoms with Gasteiger partial charge in [0.15, 0.2) is 5.76 Å². The van der Waals surface area contributed by atoms with Crippen molar-refractivity contribution in [2.75, 3.05) is 13.7 Å². The van der Waals surface area contributed by atoms with Gasteiger partial charge in [-0.05, 0) is 29.8 Å². The molecule has 0 spiro atoms. The number of nitrogens with zero attached hydrogens (tertiary/aromatic N) is 1. The van der Waals surface area contributed by atoms with Crippen LogP contribution in [0.3, 0.4) is 0 Å². The lowest BCUT2D eigenvalue weighted by molar-refractivity contribution is -0.484. The van der Waals surface area contributed by atoms with Gasteiger partial charge in [-0.3, -0.25) is 14.9 Å². The van der Waals surface area contributed by atoms with Gasteiger partial charge in [-0.25, -0.2) is 0 Å². The Bertz CT molecular complexity index is 635. The molecule has 0 saturated heterocycles. The Hall–Kier alpha value is -2.67. The van der Waals surface area contributed by atoms with Gasteiger partial charge in [-0.1, -0.05) is 12.1 Å². The molecule has 0 amide bonds. The van der Waals surface area contributed by atoms with Crippen LogP contribution in [-0.4, -0.2) is 35.6 Å². The predicted molar refractivity (Wildman–Crippen MR) is 76.6 cm³/mol. The largest absolute Gasteiger partial charge is 0.497 e. The van der Waals surface area contributed by atoms with Gasteiger partial charge in [-0.2, -0.15) is 0 Å². The molecular formula is C15H15NO6. The topological polar surface area (TPSA) is 103 Å². The van der Waals surface area contributed by atoms with Crippen LogP contribution in [0.4, 0.5) is 0 Å². The second kappa shape index (κ2) is 6.86. The van der Waals surface area contributed by atoms with Crippen molar-refractivity contribution in [1.29, 1.82) is 0 Å². The van der Waals surface area contributed by atoms with E-state index in [2.05, 4.69) is 0 Å². The highest BCUT2D eigenvalue weighted by Crippen LogP contribution is 2.25. The fourth-order valence-corrected chi connectivity index (χ4v) is 2.15. The van der Waals surface area contributed by atoms with E-state index < -0.39 is 29.3 Å². The Morgan fingerprint density at radius 2 is 2.05 bits per heavy atom. The summed E-state index contributed by atoms with van der Waals surface area (Å²) in [5.41, 5.74) is 0.477. The number of aliphatic hydroxyl groups excluding tert-OH is 1. The van der Waals surface area contributed by atoms with Crippen LogP contribution in [-0.2, 0) is 0 Å². The number of nitro groups is 1. The number of carbonyl (C=O) groups excluding carboxylic acids is 1. The molecular weight excluding hydrogens is 290 g/mol. The summed E-state index contributed by atoms with van der Waals surface area (Å²) < 4.78 is 9.96. The molecule has 0 saturated carbocycles. The zero-order chi connectivity index (χ0) is 16.1. The van der Waals surface area contributed by atoms with Crippen LogP contribution in [0.1, 0.15) is 22.0 Å². The highest BCUT2D eigenvalue weighted by molar-refractivity contribution is 5.97. The van der Waals surface area contributed by atoms with E-state index in [9.17, 15) is 20.0 Å². The molecule has 0 aliphatic carbocycles. The van der Waals surface area contributed by atoms with Crippen molar-refractivity contribution in [1.82, 2.24) is 0 Å². The van der Waals surface area contributed by atoms with Crippen LogP contribution in [0, 0.1) is 10.1 Å². The SMILES string of the molecule is COc1ccc([C@@H](C[N+](=O)[O-])[C@H](O)C(=O)c2ccco2)cc1. The van der Waals surface area contributed by atoms with Gasteiger partial charge in [0.25, 0.3) is 0 Å². The Balaban J connectivity index is 2.28. The molecule has 0 aliphatic rings. The number of Topliss-reactive ketones (excluding diaryl/α,β-unsaturated/α-hetero) is 1. The van der Waals surface area contributed by atoms with Crippen molar-refractivity contribution in [2.24, 2.45) is 0 Å². The average molecular weight is 305 g/mol. The van der Waals surface area contributed by atoms with Gasteiger partial charge < -0.3 is 14.3 Å². The maximum atomic E-state index is 12.1. The van der Waals surface area contributed by atoms with Crippen molar-refractivity contribution in [3.63, 3.8) is 0 Å². The van der Waals surface area contributed by atoms with E-state index in [1.165, 1.54) is 25.5 Å². The van der Waals surface area contributed by atoms with Gasteiger partial charge in [0.1, 0.15) is 11.9 Å². The third-order valence-electron chi connectivity index (χ3n) is 3.30. The average Bonchev–Trinajstić information content (AvgIpc) is 3.05. The van der Waals surface area contributed by atoms with E-state index >= 15 is 0 Å². The minimum absolute atomic E-state index is 0.0330. The maximum absolute atomic E-state index is 12.1. The van der Waals surface area contributed by atoms with Crippen molar-refractivity contribution in [3.05, 3.63) is 64.1 Å². The Morgan fingerprint density at radius 1 is 1.36 bits per heavy atom. The molecule has 22 heavy (non-hydrogen) atoms. The first-order valence-corrected chi connectivity index (χ1v) is 6.54. The molecule has 1 aromatic carbocycles. The number of aliphatic hydroxyl groups is 1. The highest BCUT2D eigenvalue weighted by Gasteiger charge is 2.33. The number of ketones is 1. The van der Waals surface area contributed by atoms with Crippen LogP contribution in [0.5, 0.6) is 5.75 Å². The molecule has 0 bridgehead atoms. The molecule has 1 heterocycles. The highest BCUT2D eigenvalue weighted by atomic mass is 16.6. The fourth-order valence-electron chi connectivity index (χ4n) is 2.15. The van der Waals surface area contributed by atoms with Gasteiger partial charge in [0.2, 0.25) is 12.3 Å². The molecule has 1 aromatic heterocycles. The Labute approximate surface area is 126 Å². The van der Waals surface area contributed by atoms with Crippen LogP contribution in [0.15, 0.2) is 47.1 Å². The molecule has 0 fully saturated rings. The molecule has 1 N–H and O–H groups in total. The number of carbonyl (C=O) groups is 1. The number of benzene rings is 1. The second-order valence-corrected chi connectivity index (χ2v) is 4.68. The molecule has 0 radical (unpaired) electrons. The predicted octanol–water partition coefficient (Wildman–Crippen LogP) is 1.89. The fraction of sp³-hybridized carbons (Fsp3) is 0.267. The van der Waals surface area contributed by atoms with Crippen molar-refractivity contribution in [2.45, 2.75) is 12.0 Å². The quantitative estimate of drug-likeness (QED) is 0.476. The number of hydrogen-bond donors (Lipinski definition) is 1. The van der Waals surface area contributed by atoms with E-state index in [0.29, 0.717) is 11.3 Å². The van der Waals surface area contributed by atoms with E-state index in [0.717, 1.165) is 0 Å². The molecule has 0 aliphatic heterocycles. The lowest BCUT2D eigenvalue weighted by Gasteiger charge is -2.18. The monoisotopic (exact) mass is 305 g/mol. The lowest BCUT2D eigenvalue weighted by atomic mass is 9.90. The summed E-state index contributed by atoms with van der Waals surface area (Å²) in [6, 6.07) is 9.33. The minimum atomic E-state index is -1.56. The summed E-state index contributed by atoms with van der Waals surface area (Å²) >= 11 is 0. The third kappa shape index (κ3) is 3.50. The summed E-state index contributed by atoms with van der Waals surface area (Å²) in [4.78, 5) is 22.4. The molecule has 2 atom stereocenters. The summed E-state index contributed by atoms with van der Waals surface area (Å²) in [5.74, 6) is -1.11. The van der Waals surface area contributed by atoms with Gasteiger partial charge in [0.05, 0.1) is 19.3 Å². The molecule has 0 unspecified atom stereocenters. The summed E-state index contributed by atoms with van der Waals surface area (Å²) in [6.07, 6.45) is -0.263. The van der Waals surface area contributed by atoms with Crippen molar-refractivity contribution < 1.29 is 24.0 Å². The molecule has 7 heteroatoms. The number of furan rings is 1.